The van der Waals surface area contributed by atoms with Gasteiger partial charge in [0, 0.05) is 18.7 Å². The third-order valence-electron chi connectivity index (χ3n) is 3.29. The van der Waals surface area contributed by atoms with Crippen LogP contribution in [0.5, 0.6) is 0 Å². The third-order valence-corrected chi connectivity index (χ3v) is 4.53. The first kappa shape index (κ1) is 14.5. The predicted octanol–water partition coefficient (Wildman–Crippen LogP) is 0.0870. The van der Waals surface area contributed by atoms with Gasteiger partial charge >= 0.3 is 5.97 Å². The highest BCUT2D eigenvalue weighted by Gasteiger charge is 2.37. The Morgan fingerprint density at radius 1 is 1.45 bits per heavy atom. The molecule has 108 valence electrons. The number of primary sulfonamides is 1. The van der Waals surface area contributed by atoms with Crippen LogP contribution in [-0.4, -0.2) is 37.2 Å². The number of nitrogens with zero attached hydrogens (tertiary/aromatic N) is 1. The Morgan fingerprint density at radius 3 is 2.55 bits per heavy atom. The summed E-state index contributed by atoms with van der Waals surface area (Å²) in [6, 6.07) is 4.32. The van der Waals surface area contributed by atoms with Crippen molar-refractivity contribution in [3.63, 3.8) is 0 Å². The van der Waals surface area contributed by atoms with Gasteiger partial charge in [-0.2, -0.15) is 0 Å². The molecule has 0 saturated carbocycles. The summed E-state index contributed by atoms with van der Waals surface area (Å²) in [5.41, 5.74) is 1.21. The minimum atomic E-state index is -3.77. The molecule has 1 unspecified atom stereocenters. The van der Waals surface area contributed by atoms with Crippen molar-refractivity contribution in [1.29, 1.82) is 0 Å². The zero-order chi connectivity index (χ0) is 15.1. The SMILES string of the molecule is Cc1cc(C(=O)O)ccc1N1CC(S(N)(=O)=O)CC1=O. The monoisotopic (exact) mass is 298 g/mol. The maximum Gasteiger partial charge on any atom is 0.335 e. The molecule has 1 aromatic carbocycles. The molecular formula is C12H14N2O5S. The molecule has 1 atom stereocenters. The van der Waals surface area contributed by atoms with Crippen molar-refractivity contribution in [2.75, 3.05) is 11.4 Å². The summed E-state index contributed by atoms with van der Waals surface area (Å²) < 4.78 is 22.6. The van der Waals surface area contributed by atoms with Crippen molar-refractivity contribution in [3.05, 3.63) is 29.3 Å². The van der Waals surface area contributed by atoms with Crippen molar-refractivity contribution in [1.82, 2.24) is 0 Å². The molecule has 1 aromatic rings. The predicted molar refractivity (Wildman–Crippen MR) is 72.0 cm³/mol. The summed E-state index contributed by atoms with van der Waals surface area (Å²) in [5.74, 6) is -1.40. The average Bonchev–Trinajstić information content (AvgIpc) is 2.71. The molecule has 1 aliphatic heterocycles. The first-order valence-corrected chi connectivity index (χ1v) is 7.47. The van der Waals surface area contributed by atoms with Crippen molar-refractivity contribution < 1.29 is 23.1 Å². The van der Waals surface area contributed by atoms with Gasteiger partial charge in [0.2, 0.25) is 15.9 Å². The third kappa shape index (κ3) is 2.66. The molecule has 1 saturated heterocycles. The lowest BCUT2D eigenvalue weighted by Gasteiger charge is -2.19. The number of aryl methyl sites for hydroxylation is 1. The van der Waals surface area contributed by atoms with Crippen LogP contribution in [0.1, 0.15) is 22.3 Å². The fourth-order valence-electron chi connectivity index (χ4n) is 2.22. The lowest BCUT2D eigenvalue weighted by atomic mass is 10.1. The molecule has 1 amide bonds. The number of carboxylic acids is 1. The van der Waals surface area contributed by atoms with Gasteiger partial charge in [-0.3, -0.25) is 4.79 Å². The lowest BCUT2D eigenvalue weighted by molar-refractivity contribution is -0.117. The number of carboxylic acid groups (broad SMARTS) is 1. The van der Waals surface area contributed by atoms with Gasteiger partial charge in [0.15, 0.2) is 0 Å². The van der Waals surface area contributed by atoms with E-state index in [1.165, 1.54) is 23.1 Å². The minimum Gasteiger partial charge on any atom is -0.478 e. The zero-order valence-electron chi connectivity index (χ0n) is 10.7. The number of benzene rings is 1. The van der Waals surface area contributed by atoms with Crippen LogP contribution in [0.4, 0.5) is 5.69 Å². The Labute approximate surface area is 116 Å². The average molecular weight is 298 g/mol. The Morgan fingerprint density at radius 2 is 2.10 bits per heavy atom. The molecule has 0 aliphatic carbocycles. The second-order valence-electron chi connectivity index (χ2n) is 4.73. The number of aromatic carboxylic acids is 1. The van der Waals surface area contributed by atoms with Crippen LogP contribution in [0.25, 0.3) is 0 Å². The van der Waals surface area contributed by atoms with Crippen molar-refractivity contribution in [2.45, 2.75) is 18.6 Å². The van der Waals surface area contributed by atoms with E-state index in [0.29, 0.717) is 11.3 Å². The summed E-state index contributed by atoms with van der Waals surface area (Å²) in [6.07, 6.45) is -0.154. The zero-order valence-corrected chi connectivity index (χ0v) is 11.6. The summed E-state index contributed by atoms with van der Waals surface area (Å²) in [5, 5.41) is 13.0. The lowest BCUT2D eigenvalue weighted by Crippen LogP contribution is -2.32. The number of rotatable bonds is 3. The topological polar surface area (TPSA) is 118 Å². The number of anilines is 1. The highest BCUT2D eigenvalue weighted by molar-refractivity contribution is 7.89. The number of sulfonamides is 1. The van der Waals surface area contributed by atoms with Crippen LogP contribution < -0.4 is 10.0 Å². The van der Waals surface area contributed by atoms with Crippen LogP contribution in [0.2, 0.25) is 0 Å². The Balaban J connectivity index is 2.33. The van der Waals surface area contributed by atoms with E-state index in [9.17, 15) is 18.0 Å². The molecule has 1 fully saturated rings. The van der Waals surface area contributed by atoms with E-state index in [2.05, 4.69) is 0 Å². The quantitative estimate of drug-likeness (QED) is 0.819. The van der Waals surface area contributed by atoms with E-state index in [-0.39, 0.29) is 24.4 Å². The van der Waals surface area contributed by atoms with Crippen LogP contribution in [0.15, 0.2) is 18.2 Å². The second-order valence-corrected chi connectivity index (χ2v) is 6.57. The van der Waals surface area contributed by atoms with Crippen LogP contribution in [0, 0.1) is 6.92 Å². The molecule has 0 radical (unpaired) electrons. The van der Waals surface area contributed by atoms with Crippen LogP contribution in [0.3, 0.4) is 0 Å². The molecule has 7 nitrogen and oxygen atoms in total. The normalized spacial score (nSPS) is 19.4. The van der Waals surface area contributed by atoms with Crippen molar-refractivity contribution in [2.24, 2.45) is 5.14 Å². The number of carbonyl (C=O) groups is 2. The smallest absolute Gasteiger partial charge is 0.335 e. The van der Waals surface area contributed by atoms with E-state index < -0.39 is 21.2 Å². The first-order valence-electron chi connectivity index (χ1n) is 5.86. The highest BCUT2D eigenvalue weighted by Crippen LogP contribution is 2.27. The van der Waals surface area contributed by atoms with Gasteiger partial charge in [-0.15, -0.1) is 0 Å². The second kappa shape index (κ2) is 4.88. The summed E-state index contributed by atoms with van der Waals surface area (Å²) in [6.45, 7) is 1.66. The number of amides is 1. The van der Waals surface area contributed by atoms with Crippen molar-refractivity contribution in [3.8, 4) is 0 Å². The Kier molecular flexibility index (Phi) is 3.53. The van der Waals surface area contributed by atoms with Gasteiger partial charge in [-0.25, -0.2) is 18.4 Å². The fourth-order valence-corrected chi connectivity index (χ4v) is 2.95. The molecule has 20 heavy (non-hydrogen) atoms. The molecule has 0 aromatic heterocycles. The molecule has 0 spiro atoms. The van der Waals surface area contributed by atoms with Gasteiger partial charge in [0.25, 0.3) is 0 Å². The Bertz CT molecular complexity index is 683. The largest absolute Gasteiger partial charge is 0.478 e. The molecule has 3 N–H and O–H groups in total. The number of nitrogens with two attached hydrogens (primary N) is 1. The van der Waals surface area contributed by atoms with Gasteiger partial charge < -0.3 is 10.0 Å². The fraction of sp³-hybridized carbons (Fsp3) is 0.333. The number of hydrogen-bond acceptors (Lipinski definition) is 4. The Hall–Kier alpha value is -1.93. The molecule has 2 rings (SSSR count). The van der Waals surface area contributed by atoms with Gasteiger partial charge in [0.05, 0.1) is 5.56 Å². The van der Waals surface area contributed by atoms with E-state index in [1.54, 1.807) is 6.92 Å². The standard InChI is InChI=1S/C12H14N2O5S/c1-7-4-8(12(16)17)2-3-10(7)14-6-9(5-11(14)15)20(13,18)19/h2-4,9H,5-6H2,1H3,(H,16,17)(H2,13,18,19). The summed E-state index contributed by atoms with van der Waals surface area (Å²) in [7, 11) is -3.77. The summed E-state index contributed by atoms with van der Waals surface area (Å²) >= 11 is 0. The maximum atomic E-state index is 11.9. The number of hydrogen-bond donors (Lipinski definition) is 2. The molecule has 0 bridgehead atoms. The molecule has 1 heterocycles. The van der Waals surface area contributed by atoms with E-state index in [0.717, 1.165) is 0 Å². The minimum absolute atomic E-state index is 0.00900. The van der Waals surface area contributed by atoms with E-state index >= 15 is 0 Å². The van der Waals surface area contributed by atoms with Crippen LogP contribution in [-0.2, 0) is 14.8 Å². The van der Waals surface area contributed by atoms with Crippen LogP contribution >= 0.6 is 0 Å². The number of carbonyl (C=O) groups excluding carboxylic acids is 1. The summed E-state index contributed by atoms with van der Waals surface area (Å²) in [4.78, 5) is 24.1. The van der Waals surface area contributed by atoms with Gasteiger partial charge in [0.1, 0.15) is 5.25 Å². The molecular weight excluding hydrogens is 284 g/mol. The van der Waals surface area contributed by atoms with E-state index in [4.69, 9.17) is 10.2 Å². The molecule has 1 aliphatic rings. The van der Waals surface area contributed by atoms with Gasteiger partial charge in [-0.1, -0.05) is 0 Å². The van der Waals surface area contributed by atoms with Gasteiger partial charge in [-0.05, 0) is 30.7 Å². The maximum absolute atomic E-state index is 11.9. The van der Waals surface area contributed by atoms with Crippen molar-refractivity contribution >= 4 is 27.6 Å². The van der Waals surface area contributed by atoms with E-state index in [1.807, 2.05) is 0 Å². The highest BCUT2D eigenvalue weighted by atomic mass is 32.2. The first-order chi connectivity index (χ1) is 9.20. The molecule has 8 heteroatoms.